The predicted molar refractivity (Wildman–Crippen MR) is 107 cm³/mol. The number of nitrogens with zero attached hydrogens (tertiary/aromatic N) is 2. The van der Waals surface area contributed by atoms with Crippen LogP contribution >= 0.6 is 23.1 Å². The summed E-state index contributed by atoms with van der Waals surface area (Å²) in [6.45, 7) is 0. The molecule has 0 saturated carbocycles. The van der Waals surface area contributed by atoms with Gasteiger partial charge in [-0.05, 0) is 23.6 Å². The predicted octanol–water partition coefficient (Wildman–Crippen LogP) is 4.42. The fraction of sp³-hybridized carbons (Fsp3) is 0.0500. The molecule has 4 nitrogen and oxygen atoms in total. The molecular formula is C20H14N2O2S2. The molecule has 2 aromatic carbocycles. The van der Waals surface area contributed by atoms with Gasteiger partial charge in [0.25, 0.3) is 5.56 Å². The van der Waals surface area contributed by atoms with Gasteiger partial charge in [-0.15, -0.1) is 11.3 Å². The number of rotatable bonds is 5. The molecule has 0 aliphatic rings. The Bertz CT molecular complexity index is 1120. The quantitative estimate of drug-likeness (QED) is 0.293. The molecule has 0 aliphatic heterocycles. The van der Waals surface area contributed by atoms with Crippen LogP contribution in [0.4, 0.5) is 0 Å². The lowest BCUT2D eigenvalue weighted by Gasteiger charge is -2.11. The Morgan fingerprint density at radius 2 is 1.69 bits per heavy atom. The summed E-state index contributed by atoms with van der Waals surface area (Å²) in [7, 11) is 0. The number of benzene rings is 2. The van der Waals surface area contributed by atoms with E-state index in [1.54, 1.807) is 22.8 Å². The van der Waals surface area contributed by atoms with Crippen LogP contribution in [0.15, 0.2) is 82.1 Å². The van der Waals surface area contributed by atoms with E-state index in [4.69, 9.17) is 0 Å². The maximum atomic E-state index is 13.0. The molecule has 2 heterocycles. The van der Waals surface area contributed by atoms with E-state index in [1.807, 2.05) is 53.9 Å². The minimum Gasteiger partial charge on any atom is -0.293 e. The second kappa shape index (κ2) is 7.27. The highest BCUT2D eigenvalue weighted by atomic mass is 32.2. The number of carbonyl (C=O) groups excluding carboxylic acids is 1. The van der Waals surface area contributed by atoms with Crippen molar-refractivity contribution in [3.8, 4) is 5.69 Å². The number of thioether (sulfide) groups is 1. The Labute approximate surface area is 158 Å². The molecule has 0 aliphatic carbocycles. The zero-order chi connectivity index (χ0) is 17.9. The van der Waals surface area contributed by atoms with Gasteiger partial charge in [-0.2, -0.15) is 0 Å². The maximum Gasteiger partial charge on any atom is 0.267 e. The van der Waals surface area contributed by atoms with Crippen molar-refractivity contribution in [1.29, 1.82) is 0 Å². The second-order valence-electron chi connectivity index (χ2n) is 5.59. The number of Topliss-reactive ketones (excluding diaryl/α,β-unsaturated/α-hetero) is 1. The first-order chi connectivity index (χ1) is 12.7. The first-order valence-electron chi connectivity index (χ1n) is 8.01. The van der Waals surface area contributed by atoms with Crippen LogP contribution < -0.4 is 5.56 Å². The van der Waals surface area contributed by atoms with E-state index in [0.29, 0.717) is 20.9 Å². The lowest BCUT2D eigenvalue weighted by atomic mass is 10.2. The molecule has 6 heteroatoms. The highest BCUT2D eigenvalue weighted by Gasteiger charge is 2.15. The van der Waals surface area contributed by atoms with Crippen molar-refractivity contribution >= 4 is 39.1 Å². The zero-order valence-corrected chi connectivity index (χ0v) is 15.3. The third-order valence-corrected chi connectivity index (χ3v) is 5.65. The molecule has 0 saturated heterocycles. The first-order valence-corrected chi connectivity index (χ1v) is 9.87. The molecule has 4 rings (SSSR count). The van der Waals surface area contributed by atoms with Gasteiger partial charge in [-0.1, -0.05) is 60.3 Å². The molecule has 0 spiro atoms. The Balaban J connectivity index is 1.74. The SMILES string of the molecule is O=C(CSc1nc2sccc2c(=O)n1-c1ccccc1)c1ccccc1. The van der Waals surface area contributed by atoms with E-state index in [0.717, 1.165) is 5.69 Å². The number of para-hydroxylation sites is 1. The molecule has 26 heavy (non-hydrogen) atoms. The van der Waals surface area contributed by atoms with Gasteiger partial charge in [-0.3, -0.25) is 14.2 Å². The van der Waals surface area contributed by atoms with E-state index in [1.165, 1.54) is 23.1 Å². The number of thiophene rings is 1. The smallest absolute Gasteiger partial charge is 0.267 e. The summed E-state index contributed by atoms with van der Waals surface area (Å²) in [5, 5.41) is 2.98. The third-order valence-electron chi connectivity index (χ3n) is 3.91. The van der Waals surface area contributed by atoms with Crippen molar-refractivity contribution in [3.63, 3.8) is 0 Å². The van der Waals surface area contributed by atoms with Crippen LogP contribution in [0.1, 0.15) is 10.4 Å². The normalized spacial score (nSPS) is 10.9. The van der Waals surface area contributed by atoms with Gasteiger partial charge in [-0.25, -0.2) is 4.98 Å². The molecule has 0 bridgehead atoms. The fourth-order valence-electron chi connectivity index (χ4n) is 2.63. The Morgan fingerprint density at radius 1 is 1.00 bits per heavy atom. The van der Waals surface area contributed by atoms with E-state index in [9.17, 15) is 9.59 Å². The van der Waals surface area contributed by atoms with Crippen molar-refractivity contribution in [2.24, 2.45) is 0 Å². The third kappa shape index (κ3) is 3.21. The van der Waals surface area contributed by atoms with Gasteiger partial charge >= 0.3 is 0 Å². The van der Waals surface area contributed by atoms with Gasteiger partial charge < -0.3 is 0 Å². The number of hydrogen-bond acceptors (Lipinski definition) is 5. The van der Waals surface area contributed by atoms with E-state index in [2.05, 4.69) is 4.98 Å². The average Bonchev–Trinajstić information content (AvgIpc) is 3.16. The van der Waals surface area contributed by atoms with Gasteiger partial charge in [0, 0.05) is 5.56 Å². The van der Waals surface area contributed by atoms with E-state index in [-0.39, 0.29) is 17.1 Å². The molecule has 0 unspecified atom stereocenters. The van der Waals surface area contributed by atoms with Gasteiger partial charge in [0.2, 0.25) is 0 Å². The molecule has 0 amide bonds. The molecule has 128 valence electrons. The van der Waals surface area contributed by atoms with Crippen LogP contribution in [0.3, 0.4) is 0 Å². The highest BCUT2D eigenvalue weighted by molar-refractivity contribution is 7.99. The molecule has 0 atom stereocenters. The summed E-state index contributed by atoms with van der Waals surface area (Å²) in [6.07, 6.45) is 0. The summed E-state index contributed by atoms with van der Waals surface area (Å²) in [6, 6.07) is 20.3. The zero-order valence-electron chi connectivity index (χ0n) is 13.7. The van der Waals surface area contributed by atoms with Crippen molar-refractivity contribution in [2.75, 3.05) is 5.75 Å². The summed E-state index contributed by atoms with van der Waals surface area (Å²) in [5.41, 5.74) is 1.29. The number of ketones is 1. The molecule has 2 aromatic heterocycles. The van der Waals surface area contributed by atoms with Crippen LogP contribution in [0.5, 0.6) is 0 Å². The molecule has 0 fully saturated rings. The molecule has 0 N–H and O–H groups in total. The van der Waals surface area contributed by atoms with Gasteiger partial charge in [0.15, 0.2) is 10.9 Å². The number of fused-ring (bicyclic) bond motifs is 1. The lowest BCUT2D eigenvalue weighted by molar-refractivity contribution is 0.102. The number of hydrogen-bond donors (Lipinski definition) is 0. The monoisotopic (exact) mass is 378 g/mol. The summed E-state index contributed by atoms with van der Waals surface area (Å²) >= 11 is 2.71. The van der Waals surface area contributed by atoms with Crippen LogP contribution in [0, 0.1) is 0 Å². The van der Waals surface area contributed by atoms with Crippen molar-refractivity contribution in [3.05, 3.63) is 88.0 Å². The highest BCUT2D eigenvalue weighted by Crippen LogP contribution is 2.24. The Morgan fingerprint density at radius 3 is 2.42 bits per heavy atom. The van der Waals surface area contributed by atoms with Crippen LogP contribution in [-0.4, -0.2) is 21.1 Å². The molecule has 0 radical (unpaired) electrons. The van der Waals surface area contributed by atoms with Crippen molar-refractivity contribution in [2.45, 2.75) is 5.16 Å². The van der Waals surface area contributed by atoms with E-state index >= 15 is 0 Å². The van der Waals surface area contributed by atoms with Crippen LogP contribution in [-0.2, 0) is 0 Å². The van der Waals surface area contributed by atoms with Crippen molar-refractivity contribution in [1.82, 2.24) is 9.55 Å². The minimum absolute atomic E-state index is 0.00994. The Hall–Kier alpha value is -2.70. The van der Waals surface area contributed by atoms with Gasteiger partial charge in [0.1, 0.15) is 4.83 Å². The maximum absolute atomic E-state index is 13.0. The van der Waals surface area contributed by atoms with E-state index < -0.39 is 0 Å². The largest absolute Gasteiger partial charge is 0.293 e. The van der Waals surface area contributed by atoms with Crippen molar-refractivity contribution < 1.29 is 4.79 Å². The van der Waals surface area contributed by atoms with Crippen LogP contribution in [0.2, 0.25) is 0 Å². The fourth-order valence-corrected chi connectivity index (χ4v) is 4.35. The summed E-state index contributed by atoms with van der Waals surface area (Å²) in [5.74, 6) is 0.232. The topological polar surface area (TPSA) is 52.0 Å². The molecular weight excluding hydrogens is 364 g/mol. The second-order valence-corrected chi connectivity index (χ2v) is 7.42. The molecule has 4 aromatic rings. The van der Waals surface area contributed by atoms with Crippen LogP contribution in [0.25, 0.3) is 15.9 Å². The number of aromatic nitrogens is 2. The van der Waals surface area contributed by atoms with Gasteiger partial charge in [0.05, 0.1) is 16.8 Å². The summed E-state index contributed by atoms with van der Waals surface area (Å²) < 4.78 is 1.58. The average molecular weight is 378 g/mol. The minimum atomic E-state index is -0.114. The Kier molecular flexibility index (Phi) is 4.69. The lowest BCUT2D eigenvalue weighted by Crippen LogP contribution is -2.21. The standard InChI is InChI=1S/C20H14N2O2S2/c23-17(14-7-3-1-4-8-14)13-26-20-21-18-16(11-12-25-18)19(24)22(20)15-9-5-2-6-10-15/h1-12H,13H2. The summed E-state index contributed by atoms with van der Waals surface area (Å²) in [4.78, 5) is 30.7. The number of carbonyl (C=O) groups is 1. The first kappa shape index (κ1) is 16.8.